The van der Waals surface area contributed by atoms with Gasteiger partial charge in [-0.15, -0.1) is 0 Å². The number of nitrogens with one attached hydrogen (secondary N) is 1. The van der Waals surface area contributed by atoms with Crippen molar-refractivity contribution < 1.29 is 9.47 Å². The highest BCUT2D eigenvalue weighted by atomic mass is 16.5. The van der Waals surface area contributed by atoms with E-state index in [0.717, 1.165) is 31.7 Å². The highest BCUT2D eigenvalue weighted by molar-refractivity contribution is 5.31. The minimum Gasteiger partial charge on any atom is -0.478 e. The van der Waals surface area contributed by atoms with Crippen LogP contribution in [0.2, 0.25) is 0 Å². The van der Waals surface area contributed by atoms with Crippen molar-refractivity contribution in [2.45, 2.75) is 39.5 Å². The molecular weight excluding hydrogens is 254 g/mol. The third-order valence-electron chi connectivity index (χ3n) is 3.70. The smallest absolute Gasteiger partial charge is 0.226 e. The van der Waals surface area contributed by atoms with Gasteiger partial charge < -0.3 is 14.8 Å². The van der Waals surface area contributed by atoms with Gasteiger partial charge in [0, 0.05) is 32.0 Å². The van der Waals surface area contributed by atoms with Crippen molar-refractivity contribution in [3.63, 3.8) is 0 Å². The van der Waals surface area contributed by atoms with Gasteiger partial charge in [-0.3, -0.25) is 0 Å². The molecule has 20 heavy (non-hydrogen) atoms. The second kappa shape index (κ2) is 6.88. The van der Waals surface area contributed by atoms with Crippen LogP contribution in [0.15, 0.2) is 6.07 Å². The van der Waals surface area contributed by atoms with E-state index in [-0.39, 0.29) is 0 Å². The van der Waals surface area contributed by atoms with Crippen LogP contribution in [0.3, 0.4) is 0 Å². The SMILES string of the molecule is CCCOc1cc(C)nc(NCC2(CCOC)CC2)n1. The number of aryl methyl sites for hydroxylation is 1. The Morgan fingerprint density at radius 3 is 2.75 bits per heavy atom. The molecule has 0 unspecified atom stereocenters. The highest BCUT2D eigenvalue weighted by Crippen LogP contribution is 2.48. The van der Waals surface area contributed by atoms with E-state index in [4.69, 9.17) is 9.47 Å². The van der Waals surface area contributed by atoms with E-state index in [0.29, 0.717) is 23.9 Å². The van der Waals surface area contributed by atoms with Gasteiger partial charge in [0.25, 0.3) is 0 Å². The molecule has 0 spiro atoms. The molecule has 1 fully saturated rings. The van der Waals surface area contributed by atoms with Crippen molar-refractivity contribution in [2.75, 3.05) is 32.2 Å². The second-order valence-corrected chi connectivity index (χ2v) is 5.62. The van der Waals surface area contributed by atoms with Crippen molar-refractivity contribution in [1.29, 1.82) is 0 Å². The van der Waals surface area contributed by atoms with Gasteiger partial charge in [0.05, 0.1) is 6.61 Å². The van der Waals surface area contributed by atoms with Crippen LogP contribution in [-0.4, -0.2) is 36.8 Å². The zero-order valence-corrected chi connectivity index (χ0v) is 12.7. The lowest BCUT2D eigenvalue weighted by Crippen LogP contribution is -2.19. The summed E-state index contributed by atoms with van der Waals surface area (Å²) in [4.78, 5) is 8.83. The Hall–Kier alpha value is -1.36. The standard InChI is InChI=1S/C15H25N3O2/c1-4-8-20-13-10-12(2)17-14(18-13)16-11-15(5-6-15)7-9-19-3/h10H,4-9,11H2,1-3H3,(H,16,17,18). The lowest BCUT2D eigenvalue weighted by Gasteiger charge is -2.16. The Labute approximate surface area is 121 Å². The predicted molar refractivity (Wildman–Crippen MR) is 79.2 cm³/mol. The van der Waals surface area contributed by atoms with Crippen molar-refractivity contribution in [1.82, 2.24) is 9.97 Å². The number of hydrogen-bond donors (Lipinski definition) is 1. The molecule has 112 valence electrons. The number of aromatic nitrogens is 2. The maximum Gasteiger partial charge on any atom is 0.226 e. The highest BCUT2D eigenvalue weighted by Gasteiger charge is 2.41. The van der Waals surface area contributed by atoms with Crippen LogP contribution in [0, 0.1) is 12.3 Å². The minimum absolute atomic E-state index is 0.382. The first kappa shape index (κ1) is 15.0. The monoisotopic (exact) mass is 279 g/mol. The Morgan fingerprint density at radius 2 is 2.10 bits per heavy atom. The summed E-state index contributed by atoms with van der Waals surface area (Å²) < 4.78 is 10.8. The fourth-order valence-corrected chi connectivity index (χ4v) is 2.18. The molecule has 1 aliphatic rings. The lowest BCUT2D eigenvalue weighted by atomic mass is 10.0. The maximum atomic E-state index is 5.58. The first-order chi connectivity index (χ1) is 9.67. The van der Waals surface area contributed by atoms with Crippen LogP contribution in [0.1, 0.15) is 38.3 Å². The summed E-state index contributed by atoms with van der Waals surface area (Å²) in [6, 6.07) is 1.87. The van der Waals surface area contributed by atoms with Crippen LogP contribution in [0.4, 0.5) is 5.95 Å². The summed E-state index contributed by atoms with van der Waals surface area (Å²) in [5.41, 5.74) is 1.31. The number of hydrogen-bond acceptors (Lipinski definition) is 5. The summed E-state index contributed by atoms with van der Waals surface area (Å²) >= 11 is 0. The fourth-order valence-electron chi connectivity index (χ4n) is 2.18. The molecule has 0 aliphatic heterocycles. The zero-order valence-electron chi connectivity index (χ0n) is 12.7. The van der Waals surface area contributed by atoms with E-state index in [9.17, 15) is 0 Å². The van der Waals surface area contributed by atoms with E-state index in [1.165, 1.54) is 12.8 Å². The molecule has 0 bridgehead atoms. The normalized spacial score (nSPS) is 15.9. The van der Waals surface area contributed by atoms with Crippen LogP contribution in [0.25, 0.3) is 0 Å². The quantitative estimate of drug-likeness (QED) is 0.753. The van der Waals surface area contributed by atoms with E-state index in [2.05, 4.69) is 22.2 Å². The molecule has 1 heterocycles. The van der Waals surface area contributed by atoms with E-state index >= 15 is 0 Å². The number of methoxy groups -OCH3 is 1. The summed E-state index contributed by atoms with van der Waals surface area (Å²) in [6.07, 6.45) is 4.59. The van der Waals surface area contributed by atoms with Gasteiger partial charge in [0.15, 0.2) is 0 Å². The van der Waals surface area contributed by atoms with Crippen LogP contribution in [0.5, 0.6) is 5.88 Å². The van der Waals surface area contributed by atoms with Gasteiger partial charge in [-0.25, -0.2) is 4.98 Å². The predicted octanol–water partition coefficient (Wildman–Crippen LogP) is 2.80. The van der Waals surface area contributed by atoms with Crippen molar-refractivity contribution in [3.8, 4) is 5.88 Å². The van der Waals surface area contributed by atoms with Crippen LogP contribution >= 0.6 is 0 Å². The molecule has 1 aliphatic carbocycles. The molecular formula is C15H25N3O2. The van der Waals surface area contributed by atoms with Gasteiger partial charge in [-0.05, 0) is 38.0 Å². The molecule has 1 aromatic heterocycles. The molecule has 0 radical (unpaired) electrons. The molecule has 0 atom stereocenters. The van der Waals surface area contributed by atoms with Crippen molar-refractivity contribution in [2.24, 2.45) is 5.41 Å². The lowest BCUT2D eigenvalue weighted by molar-refractivity contribution is 0.174. The number of ether oxygens (including phenoxy) is 2. The summed E-state index contributed by atoms with van der Waals surface area (Å²) in [5.74, 6) is 1.32. The average molecular weight is 279 g/mol. The van der Waals surface area contributed by atoms with E-state index in [1.54, 1.807) is 7.11 Å². The van der Waals surface area contributed by atoms with Crippen LogP contribution < -0.4 is 10.1 Å². The van der Waals surface area contributed by atoms with Crippen molar-refractivity contribution >= 4 is 5.95 Å². The van der Waals surface area contributed by atoms with Gasteiger partial charge in [-0.1, -0.05) is 6.92 Å². The molecule has 1 N–H and O–H groups in total. The molecule has 0 aromatic carbocycles. The Bertz CT molecular complexity index is 433. The largest absolute Gasteiger partial charge is 0.478 e. The number of rotatable bonds is 9. The summed E-state index contributed by atoms with van der Waals surface area (Å²) in [5, 5.41) is 3.36. The fraction of sp³-hybridized carbons (Fsp3) is 0.733. The van der Waals surface area contributed by atoms with Gasteiger partial charge in [0.1, 0.15) is 0 Å². The maximum absolute atomic E-state index is 5.58. The van der Waals surface area contributed by atoms with Gasteiger partial charge in [-0.2, -0.15) is 4.98 Å². The molecule has 2 rings (SSSR count). The molecule has 0 amide bonds. The van der Waals surface area contributed by atoms with Gasteiger partial charge >= 0.3 is 0 Å². The minimum atomic E-state index is 0.382. The van der Waals surface area contributed by atoms with E-state index in [1.807, 2.05) is 13.0 Å². The third kappa shape index (κ3) is 4.34. The summed E-state index contributed by atoms with van der Waals surface area (Å²) in [6.45, 7) is 6.46. The van der Waals surface area contributed by atoms with E-state index < -0.39 is 0 Å². The molecule has 1 saturated carbocycles. The zero-order chi connectivity index (χ0) is 14.4. The molecule has 0 saturated heterocycles. The average Bonchev–Trinajstić information content (AvgIpc) is 3.21. The Kier molecular flexibility index (Phi) is 5.17. The number of nitrogens with zero attached hydrogens (tertiary/aromatic N) is 2. The van der Waals surface area contributed by atoms with Crippen molar-refractivity contribution in [3.05, 3.63) is 11.8 Å². The number of anilines is 1. The summed E-state index contributed by atoms with van der Waals surface area (Å²) in [7, 11) is 1.75. The van der Waals surface area contributed by atoms with Gasteiger partial charge in [0.2, 0.25) is 11.8 Å². The second-order valence-electron chi connectivity index (χ2n) is 5.62. The Morgan fingerprint density at radius 1 is 1.30 bits per heavy atom. The molecule has 5 nitrogen and oxygen atoms in total. The molecule has 5 heteroatoms. The first-order valence-electron chi connectivity index (χ1n) is 7.39. The third-order valence-corrected chi connectivity index (χ3v) is 3.70. The van der Waals surface area contributed by atoms with Crippen LogP contribution in [-0.2, 0) is 4.74 Å². The first-order valence-corrected chi connectivity index (χ1v) is 7.39. The Balaban J connectivity index is 1.90. The molecule has 1 aromatic rings. The topological polar surface area (TPSA) is 56.3 Å².